The summed E-state index contributed by atoms with van der Waals surface area (Å²) in [5, 5.41) is 6.15. The summed E-state index contributed by atoms with van der Waals surface area (Å²) in [5.41, 5.74) is -0.957. The molecule has 0 bridgehead atoms. The Morgan fingerprint density at radius 3 is 2.34 bits per heavy atom. The van der Waals surface area contributed by atoms with Crippen LogP contribution in [0.5, 0.6) is 0 Å². The minimum absolute atomic E-state index is 0.201. The first-order valence-corrected chi connectivity index (χ1v) is 10.4. The van der Waals surface area contributed by atoms with Crippen LogP contribution in [-0.4, -0.2) is 84.5 Å². The number of piperazine rings is 1. The third-order valence-corrected chi connectivity index (χ3v) is 4.41. The Bertz CT molecular complexity index is 609. The fourth-order valence-electron chi connectivity index (χ4n) is 3.18. The predicted molar refractivity (Wildman–Crippen MR) is 112 cm³/mol. The van der Waals surface area contributed by atoms with E-state index < -0.39 is 11.2 Å². The zero-order valence-electron chi connectivity index (χ0n) is 18.7. The number of aliphatic imine (C=N–C) groups is 1. The number of ether oxygens (including phenoxy) is 2. The van der Waals surface area contributed by atoms with E-state index in [9.17, 15) is 9.59 Å². The first-order chi connectivity index (χ1) is 13.4. The highest BCUT2D eigenvalue weighted by Gasteiger charge is 2.36. The van der Waals surface area contributed by atoms with Crippen LogP contribution in [0, 0.1) is 0 Å². The van der Waals surface area contributed by atoms with E-state index in [0.717, 1.165) is 31.9 Å². The van der Waals surface area contributed by atoms with Gasteiger partial charge in [-0.05, 0) is 54.4 Å². The topological polar surface area (TPSA) is 95.5 Å². The molecule has 29 heavy (non-hydrogen) atoms. The van der Waals surface area contributed by atoms with Crippen molar-refractivity contribution in [2.45, 2.75) is 71.6 Å². The van der Waals surface area contributed by atoms with Crippen molar-refractivity contribution in [3.63, 3.8) is 0 Å². The highest BCUT2D eigenvalue weighted by molar-refractivity contribution is 5.82. The smallest absolute Gasteiger partial charge is 0.410 e. The van der Waals surface area contributed by atoms with E-state index in [4.69, 9.17) is 9.47 Å². The molecule has 0 aromatic rings. The summed E-state index contributed by atoms with van der Waals surface area (Å²) in [4.78, 5) is 32.5. The Balaban J connectivity index is 1.62. The van der Waals surface area contributed by atoms with E-state index in [1.54, 1.807) is 4.90 Å². The lowest BCUT2D eigenvalue weighted by atomic mass is 10.2. The van der Waals surface area contributed by atoms with E-state index in [0.29, 0.717) is 26.2 Å². The summed E-state index contributed by atoms with van der Waals surface area (Å²) in [6, 6.07) is 0.201. The number of carbonyl (C=O) groups excluding carboxylic acids is 2. The summed E-state index contributed by atoms with van der Waals surface area (Å²) < 4.78 is 10.7. The van der Waals surface area contributed by atoms with Crippen LogP contribution in [0.3, 0.4) is 0 Å². The van der Waals surface area contributed by atoms with E-state index in [1.165, 1.54) is 0 Å². The number of unbranched alkanes of at least 4 members (excludes halogenated alkanes) is 1. The molecule has 0 radical (unpaired) electrons. The second kappa shape index (κ2) is 9.54. The molecule has 0 spiro atoms. The summed E-state index contributed by atoms with van der Waals surface area (Å²) in [6.07, 6.45) is 1.14. The van der Waals surface area contributed by atoms with Crippen molar-refractivity contribution in [3.05, 3.63) is 0 Å². The number of rotatable bonds is 5. The van der Waals surface area contributed by atoms with Crippen molar-refractivity contribution in [2.24, 2.45) is 4.99 Å². The second-order valence-electron chi connectivity index (χ2n) is 9.50. The standard InChI is InChI=1S/C20H37N5O4/c1-19(2,3)28-17(26)22-10-8-7-9-21-16-23-13-15-14-24(11-12-25(15)16)18(27)29-20(4,5)6/h15H,7-14H2,1-6H3,(H,21,23)(H,22,26). The normalized spacial score (nSPS) is 19.4. The molecule has 1 unspecified atom stereocenters. The first-order valence-electron chi connectivity index (χ1n) is 10.4. The van der Waals surface area contributed by atoms with Gasteiger partial charge >= 0.3 is 12.2 Å². The van der Waals surface area contributed by atoms with Gasteiger partial charge in [0.1, 0.15) is 11.2 Å². The van der Waals surface area contributed by atoms with Crippen LogP contribution in [0.25, 0.3) is 0 Å². The van der Waals surface area contributed by atoms with E-state index in [1.807, 2.05) is 41.5 Å². The highest BCUT2D eigenvalue weighted by atomic mass is 16.6. The van der Waals surface area contributed by atoms with E-state index in [-0.39, 0.29) is 18.2 Å². The molecule has 0 aliphatic carbocycles. The Kier molecular flexibility index (Phi) is 7.60. The van der Waals surface area contributed by atoms with Crippen molar-refractivity contribution in [2.75, 3.05) is 39.3 Å². The van der Waals surface area contributed by atoms with E-state index >= 15 is 0 Å². The molecule has 2 heterocycles. The lowest BCUT2D eigenvalue weighted by Crippen LogP contribution is -2.57. The molecule has 0 aromatic heterocycles. The molecule has 2 N–H and O–H groups in total. The lowest BCUT2D eigenvalue weighted by molar-refractivity contribution is 0.0137. The number of guanidine groups is 1. The largest absolute Gasteiger partial charge is 0.444 e. The average molecular weight is 412 g/mol. The van der Waals surface area contributed by atoms with E-state index in [2.05, 4.69) is 20.5 Å². The number of nitrogens with one attached hydrogen (secondary N) is 2. The molecule has 1 fully saturated rings. The fraction of sp³-hybridized carbons (Fsp3) is 0.850. The van der Waals surface area contributed by atoms with Gasteiger partial charge < -0.3 is 29.9 Å². The molecule has 2 rings (SSSR count). The Morgan fingerprint density at radius 1 is 1.03 bits per heavy atom. The minimum atomic E-state index is -0.481. The van der Waals surface area contributed by atoms with Gasteiger partial charge in [-0.1, -0.05) is 0 Å². The van der Waals surface area contributed by atoms with Gasteiger partial charge in [-0.25, -0.2) is 9.59 Å². The van der Waals surface area contributed by atoms with Gasteiger partial charge in [-0.3, -0.25) is 4.99 Å². The van der Waals surface area contributed by atoms with Crippen LogP contribution in [0.15, 0.2) is 4.99 Å². The third-order valence-electron chi connectivity index (χ3n) is 4.41. The maximum absolute atomic E-state index is 12.3. The number of nitrogens with zero attached hydrogens (tertiary/aromatic N) is 3. The molecular formula is C20H37N5O4. The van der Waals surface area contributed by atoms with Gasteiger partial charge in [0, 0.05) is 32.7 Å². The minimum Gasteiger partial charge on any atom is -0.444 e. The molecule has 0 saturated carbocycles. The van der Waals surface area contributed by atoms with Crippen LogP contribution in [-0.2, 0) is 9.47 Å². The fourth-order valence-corrected chi connectivity index (χ4v) is 3.18. The van der Waals surface area contributed by atoms with Gasteiger partial charge in [-0.15, -0.1) is 0 Å². The van der Waals surface area contributed by atoms with Gasteiger partial charge in [-0.2, -0.15) is 0 Å². The maximum Gasteiger partial charge on any atom is 0.410 e. The second-order valence-corrected chi connectivity index (χ2v) is 9.50. The van der Waals surface area contributed by atoms with Gasteiger partial charge in [0.25, 0.3) is 0 Å². The van der Waals surface area contributed by atoms with Gasteiger partial charge in [0.2, 0.25) is 0 Å². The van der Waals surface area contributed by atoms with Crippen molar-refractivity contribution < 1.29 is 19.1 Å². The van der Waals surface area contributed by atoms with Crippen LogP contribution in [0.4, 0.5) is 9.59 Å². The number of alkyl carbamates (subject to hydrolysis) is 1. The monoisotopic (exact) mass is 411 g/mol. The molecule has 0 aromatic carbocycles. The van der Waals surface area contributed by atoms with Crippen molar-refractivity contribution in [1.29, 1.82) is 0 Å². The van der Waals surface area contributed by atoms with Crippen molar-refractivity contribution >= 4 is 18.1 Å². The molecule has 9 nitrogen and oxygen atoms in total. The zero-order valence-corrected chi connectivity index (χ0v) is 18.7. The summed E-state index contributed by atoms with van der Waals surface area (Å²) in [7, 11) is 0. The third kappa shape index (κ3) is 7.98. The summed E-state index contributed by atoms with van der Waals surface area (Å²) in [6.45, 7) is 15.2. The number of fused-ring (bicyclic) bond motifs is 1. The maximum atomic E-state index is 12.3. The molecule has 2 amide bonds. The molecule has 1 saturated heterocycles. The quantitative estimate of drug-likeness (QED) is 0.673. The SMILES string of the molecule is CC(C)(C)OC(=O)NCCCCNC1=NCC2CN(C(=O)OC(C)(C)C)CCN12. The number of hydrogen-bond acceptors (Lipinski definition) is 7. The van der Waals surface area contributed by atoms with Crippen molar-refractivity contribution in [3.8, 4) is 0 Å². The molecule has 2 aliphatic heterocycles. The highest BCUT2D eigenvalue weighted by Crippen LogP contribution is 2.18. The van der Waals surface area contributed by atoms with Crippen LogP contribution in [0.2, 0.25) is 0 Å². The Morgan fingerprint density at radius 2 is 1.69 bits per heavy atom. The number of hydrogen-bond donors (Lipinski definition) is 2. The predicted octanol–water partition coefficient (Wildman–Crippen LogP) is 2.17. The number of amides is 2. The Hall–Kier alpha value is -2.19. The molecule has 2 aliphatic rings. The molecule has 166 valence electrons. The van der Waals surface area contributed by atoms with Gasteiger partial charge in [0.15, 0.2) is 5.96 Å². The van der Waals surface area contributed by atoms with Crippen LogP contribution < -0.4 is 10.6 Å². The summed E-state index contributed by atoms with van der Waals surface area (Å²) in [5.74, 6) is 0.902. The van der Waals surface area contributed by atoms with Gasteiger partial charge in [0.05, 0.1) is 12.6 Å². The Labute approximate surface area is 174 Å². The molecule has 1 atom stereocenters. The average Bonchev–Trinajstić information content (AvgIpc) is 2.97. The number of carbonyl (C=O) groups is 2. The lowest BCUT2D eigenvalue weighted by Gasteiger charge is -2.39. The van der Waals surface area contributed by atoms with Crippen LogP contribution >= 0.6 is 0 Å². The van der Waals surface area contributed by atoms with Crippen LogP contribution in [0.1, 0.15) is 54.4 Å². The van der Waals surface area contributed by atoms with Crippen molar-refractivity contribution in [1.82, 2.24) is 20.4 Å². The zero-order chi connectivity index (χ0) is 21.7. The molecule has 9 heteroatoms. The first kappa shape index (κ1) is 23.1. The summed E-state index contributed by atoms with van der Waals surface area (Å²) >= 11 is 0. The molecular weight excluding hydrogens is 374 g/mol.